The molecule has 0 unspecified atom stereocenters. The Kier molecular flexibility index (Phi) is 3.50. The van der Waals surface area contributed by atoms with E-state index in [0.717, 1.165) is 0 Å². The van der Waals surface area contributed by atoms with Gasteiger partial charge in [-0.05, 0) is 31.2 Å². The van der Waals surface area contributed by atoms with Gasteiger partial charge in [0, 0.05) is 18.5 Å². The van der Waals surface area contributed by atoms with Gasteiger partial charge < -0.3 is 9.09 Å². The summed E-state index contributed by atoms with van der Waals surface area (Å²) in [7, 11) is 0. The molecule has 8 heteroatoms. The third-order valence-corrected chi connectivity index (χ3v) is 3.73. The number of pyridine rings is 2. The Labute approximate surface area is 141 Å². The minimum absolute atomic E-state index is 0.167. The van der Waals surface area contributed by atoms with Crippen molar-refractivity contribution in [3.63, 3.8) is 0 Å². The highest BCUT2D eigenvalue weighted by atomic mass is 16.5. The van der Waals surface area contributed by atoms with Crippen LogP contribution in [0, 0.1) is 6.92 Å². The molecule has 0 bridgehead atoms. The van der Waals surface area contributed by atoms with Crippen molar-refractivity contribution in [3.05, 3.63) is 81.0 Å². The summed E-state index contributed by atoms with van der Waals surface area (Å²) in [5.74, 6) is 0.623. The Morgan fingerprint density at radius 1 is 1.08 bits per heavy atom. The average Bonchev–Trinajstić information content (AvgIpc) is 3.03. The van der Waals surface area contributed by atoms with Crippen LogP contribution in [0.25, 0.3) is 17.1 Å². The SMILES string of the molecule is Cc1noc(-c2cccn(Cc3cc(=O)n4ccccc4n3)c2=O)n1. The molecule has 8 nitrogen and oxygen atoms in total. The Morgan fingerprint density at radius 2 is 1.96 bits per heavy atom. The molecular weight excluding hydrogens is 322 g/mol. The van der Waals surface area contributed by atoms with Gasteiger partial charge in [-0.25, -0.2) is 4.98 Å². The Morgan fingerprint density at radius 3 is 2.76 bits per heavy atom. The molecule has 0 spiro atoms. The van der Waals surface area contributed by atoms with Crippen LogP contribution in [0.5, 0.6) is 0 Å². The van der Waals surface area contributed by atoms with E-state index in [0.29, 0.717) is 22.7 Å². The first kappa shape index (κ1) is 15.0. The van der Waals surface area contributed by atoms with E-state index in [4.69, 9.17) is 4.52 Å². The van der Waals surface area contributed by atoms with E-state index in [1.165, 1.54) is 15.0 Å². The summed E-state index contributed by atoms with van der Waals surface area (Å²) < 4.78 is 7.97. The van der Waals surface area contributed by atoms with Gasteiger partial charge >= 0.3 is 0 Å². The normalized spacial score (nSPS) is 11.1. The molecule has 4 aromatic heterocycles. The molecule has 0 fully saturated rings. The molecule has 25 heavy (non-hydrogen) atoms. The first-order valence-electron chi connectivity index (χ1n) is 7.59. The quantitative estimate of drug-likeness (QED) is 0.559. The summed E-state index contributed by atoms with van der Waals surface area (Å²) in [5, 5.41) is 3.70. The minimum atomic E-state index is -0.291. The van der Waals surface area contributed by atoms with E-state index in [9.17, 15) is 9.59 Å². The van der Waals surface area contributed by atoms with Crippen LogP contribution in [0.3, 0.4) is 0 Å². The van der Waals surface area contributed by atoms with E-state index in [-0.39, 0.29) is 23.6 Å². The molecule has 4 heterocycles. The maximum Gasteiger partial charge on any atom is 0.263 e. The van der Waals surface area contributed by atoms with Crippen molar-refractivity contribution in [1.29, 1.82) is 0 Å². The van der Waals surface area contributed by atoms with Gasteiger partial charge in [0.15, 0.2) is 5.82 Å². The summed E-state index contributed by atoms with van der Waals surface area (Å²) in [6.07, 6.45) is 3.28. The molecule has 0 aliphatic heterocycles. The predicted octanol–water partition coefficient (Wildman–Crippen LogP) is 1.26. The van der Waals surface area contributed by atoms with E-state index in [1.807, 2.05) is 0 Å². The van der Waals surface area contributed by atoms with Crippen LogP contribution in [0.2, 0.25) is 0 Å². The molecule has 0 atom stereocenters. The van der Waals surface area contributed by atoms with Crippen LogP contribution in [0.4, 0.5) is 0 Å². The zero-order valence-electron chi connectivity index (χ0n) is 13.3. The summed E-state index contributed by atoms with van der Waals surface area (Å²) in [6.45, 7) is 1.85. The van der Waals surface area contributed by atoms with Crippen molar-refractivity contribution in [1.82, 2.24) is 24.1 Å². The Balaban J connectivity index is 1.77. The molecule has 0 aliphatic carbocycles. The molecule has 0 aliphatic rings. The number of hydrogen-bond donors (Lipinski definition) is 0. The highest BCUT2D eigenvalue weighted by Crippen LogP contribution is 2.12. The highest BCUT2D eigenvalue weighted by molar-refractivity contribution is 5.50. The first-order chi connectivity index (χ1) is 12.1. The van der Waals surface area contributed by atoms with Gasteiger partial charge in [0.1, 0.15) is 11.2 Å². The monoisotopic (exact) mass is 335 g/mol. The second kappa shape index (κ2) is 5.82. The fourth-order valence-electron chi connectivity index (χ4n) is 2.59. The number of hydrogen-bond acceptors (Lipinski definition) is 6. The van der Waals surface area contributed by atoms with Gasteiger partial charge in [0.25, 0.3) is 17.0 Å². The second-order valence-corrected chi connectivity index (χ2v) is 5.52. The average molecular weight is 335 g/mol. The number of aromatic nitrogens is 5. The van der Waals surface area contributed by atoms with Gasteiger partial charge in [-0.15, -0.1) is 0 Å². The molecular formula is C17H13N5O3. The third kappa shape index (κ3) is 2.74. The maximum absolute atomic E-state index is 12.7. The number of fused-ring (bicyclic) bond motifs is 1. The molecule has 0 amide bonds. The lowest BCUT2D eigenvalue weighted by Crippen LogP contribution is -2.23. The molecule has 0 N–H and O–H groups in total. The topological polar surface area (TPSA) is 95.3 Å². The third-order valence-electron chi connectivity index (χ3n) is 3.73. The van der Waals surface area contributed by atoms with Crippen molar-refractivity contribution < 1.29 is 4.52 Å². The summed E-state index contributed by atoms with van der Waals surface area (Å²) in [5.41, 5.74) is 0.845. The summed E-state index contributed by atoms with van der Waals surface area (Å²) in [6, 6.07) is 10.1. The highest BCUT2D eigenvalue weighted by Gasteiger charge is 2.13. The van der Waals surface area contributed by atoms with E-state index >= 15 is 0 Å². The predicted molar refractivity (Wildman–Crippen MR) is 89.3 cm³/mol. The van der Waals surface area contributed by atoms with Crippen LogP contribution < -0.4 is 11.1 Å². The van der Waals surface area contributed by atoms with Crippen molar-refractivity contribution >= 4 is 5.65 Å². The summed E-state index contributed by atoms with van der Waals surface area (Å²) >= 11 is 0. The Hall–Kier alpha value is -3.55. The van der Waals surface area contributed by atoms with Crippen LogP contribution >= 0.6 is 0 Å². The van der Waals surface area contributed by atoms with E-state index in [2.05, 4.69) is 15.1 Å². The lowest BCUT2D eigenvalue weighted by atomic mass is 10.2. The van der Waals surface area contributed by atoms with Crippen LogP contribution in [0.1, 0.15) is 11.5 Å². The van der Waals surface area contributed by atoms with E-state index in [1.54, 1.807) is 49.6 Å². The van der Waals surface area contributed by atoms with Crippen molar-refractivity contribution in [2.45, 2.75) is 13.5 Å². The molecule has 0 aromatic carbocycles. The molecule has 124 valence electrons. The molecule has 4 aromatic rings. The van der Waals surface area contributed by atoms with E-state index < -0.39 is 0 Å². The zero-order valence-corrected chi connectivity index (χ0v) is 13.3. The molecule has 4 rings (SSSR count). The van der Waals surface area contributed by atoms with Gasteiger partial charge in [-0.1, -0.05) is 11.2 Å². The van der Waals surface area contributed by atoms with Crippen molar-refractivity contribution in [2.75, 3.05) is 0 Å². The van der Waals surface area contributed by atoms with Gasteiger partial charge in [-0.3, -0.25) is 14.0 Å². The van der Waals surface area contributed by atoms with Crippen LogP contribution in [0.15, 0.2) is 62.9 Å². The second-order valence-electron chi connectivity index (χ2n) is 5.52. The molecule has 0 saturated heterocycles. The molecule has 0 saturated carbocycles. The lowest BCUT2D eigenvalue weighted by Gasteiger charge is -2.07. The van der Waals surface area contributed by atoms with Gasteiger partial charge in [0.05, 0.1) is 12.2 Å². The standard InChI is InChI=1S/C17H13N5O3/c1-11-18-16(25-20-11)13-5-4-7-21(17(13)24)10-12-9-15(23)22-8-3-2-6-14(22)19-12/h2-9H,10H2,1H3. The van der Waals surface area contributed by atoms with Crippen molar-refractivity contribution in [3.8, 4) is 11.5 Å². The lowest BCUT2D eigenvalue weighted by molar-refractivity contribution is 0.425. The molecule has 0 radical (unpaired) electrons. The van der Waals surface area contributed by atoms with Gasteiger partial charge in [-0.2, -0.15) is 4.98 Å². The zero-order chi connectivity index (χ0) is 17.4. The largest absolute Gasteiger partial charge is 0.334 e. The fourth-order valence-corrected chi connectivity index (χ4v) is 2.59. The summed E-state index contributed by atoms with van der Waals surface area (Å²) in [4.78, 5) is 33.3. The van der Waals surface area contributed by atoms with Gasteiger partial charge in [0.2, 0.25) is 0 Å². The number of aryl methyl sites for hydroxylation is 1. The van der Waals surface area contributed by atoms with Crippen molar-refractivity contribution in [2.24, 2.45) is 0 Å². The minimum Gasteiger partial charge on any atom is -0.334 e. The fraction of sp³-hybridized carbons (Fsp3) is 0.118. The first-order valence-corrected chi connectivity index (χ1v) is 7.59. The number of rotatable bonds is 3. The van der Waals surface area contributed by atoms with Crippen LogP contribution in [-0.2, 0) is 6.54 Å². The maximum atomic E-state index is 12.7. The number of nitrogens with zero attached hydrogens (tertiary/aromatic N) is 5. The van der Waals surface area contributed by atoms with Crippen LogP contribution in [-0.4, -0.2) is 24.1 Å². The Bertz CT molecular complexity index is 1190. The smallest absolute Gasteiger partial charge is 0.263 e.